The van der Waals surface area contributed by atoms with E-state index in [4.69, 9.17) is 4.74 Å². The summed E-state index contributed by atoms with van der Waals surface area (Å²) in [6.45, 7) is 9.48. The summed E-state index contributed by atoms with van der Waals surface area (Å²) in [6.07, 6.45) is 3.41. The molecule has 21 heavy (non-hydrogen) atoms. The summed E-state index contributed by atoms with van der Waals surface area (Å²) in [6, 6.07) is 0.119. The minimum atomic E-state index is -2.83. The van der Waals surface area contributed by atoms with Gasteiger partial charge in [0, 0.05) is 37.7 Å². The number of nitrogens with one attached hydrogen (secondary N) is 1. The van der Waals surface area contributed by atoms with Crippen LogP contribution in [0.5, 0.6) is 0 Å². The molecule has 6 heteroatoms. The summed E-state index contributed by atoms with van der Waals surface area (Å²) in [5.41, 5.74) is 0.142. The van der Waals surface area contributed by atoms with Gasteiger partial charge in [0.15, 0.2) is 9.84 Å². The smallest absolute Gasteiger partial charge is 0.153 e. The molecule has 2 fully saturated rings. The largest absolute Gasteiger partial charge is 0.381 e. The average Bonchev–Trinajstić information content (AvgIpc) is 2.43. The van der Waals surface area contributed by atoms with Crippen LogP contribution < -0.4 is 5.32 Å². The van der Waals surface area contributed by atoms with Crippen molar-refractivity contribution in [2.75, 3.05) is 50.9 Å². The van der Waals surface area contributed by atoms with E-state index < -0.39 is 9.84 Å². The van der Waals surface area contributed by atoms with Gasteiger partial charge in [-0.25, -0.2) is 8.42 Å². The van der Waals surface area contributed by atoms with Crippen molar-refractivity contribution in [3.63, 3.8) is 0 Å². The van der Waals surface area contributed by atoms with Gasteiger partial charge in [0.1, 0.15) is 0 Å². The highest BCUT2D eigenvalue weighted by atomic mass is 32.2. The standard InChI is InChI=1S/C15H30N2O3S/c1-3-6-16-11-15(5-4-8-20-13-15)12-17-7-9-21(18,19)10-14(17)2/h14,16H,3-13H2,1-2H3. The van der Waals surface area contributed by atoms with Crippen LogP contribution in [0.15, 0.2) is 0 Å². The van der Waals surface area contributed by atoms with E-state index in [0.717, 1.165) is 45.7 Å². The Morgan fingerprint density at radius 2 is 2.24 bits per heavy atom. The van der Waals surface area contributed by atoms with E-state index in [1.54, 1.807) is 0 Å². The lowest BCUT2D eigenvalue weighted by Gasteiger charge is -2.44. The van der Waals surface area contributed by atoms with Crippen LogP contribution in [0.2, 0.25) is 0 Å². The number of nitrogens with zero attached hydrogens (tertiary/aromatic N) is 1. The lowest BCUT2D eigenvalue weighted by Crippen LogP contribution is -2.55. The SMILES string of the molecule is CCCNCC1(CN2CCS(=O)(=O)CC2C)CCCOC1. The highest BCUT2D eigenvalue weighted by Crippen LogP contribution is 2.30. The molecule has 2 unspecified atom stereocenters. The molecule has 0 bridgehead atoms. The molecule has 124 valence electrons. The topological polar surface area (TPSA) is 58.6 Å². The normalized spacial score (nSPS) is 33.9. The molecule has 0 aliphatic carbocycles. The first-order valence-electron chi connectivity index (χ1n) is 8.19. The molecule has 0 spiro atoms. The summed E-state index contributed by atoms with van der Waals surface area (Å²) >= 11 is 0. The zero-order valence-corrected chi connectivity index (χ0v) is 14.3. The highest BCUT2D eigenvalue weighted by molar-refractivity contribution is 7.91. The van der Waals surface area contributed by atoms with Crippen LogP contribution in [-0.4, -0.2) is 70.3 Å². The maximum Gasteiger partial charge on any atom is 0.153 e. The summed E-state index contributed by atoms with van der Waals surface area (Å²) in [7, 11) is -2.83. The van der Waals surface area contributed by atoms with Crippen molar-refractivity contribution < 1.29 is 13.2 Å². The summed E-state index contributed by atoms with van der Waals surface area (Å²) in [5.74, 6) is 0.600. The Morgan fingerprint density at radius 1 is 1.43 bits per heavy atom. The van der Waals surface area contributed by atoms with E-state index in [1.165, 1.54) is 6.42 Å². The van der Waals surface area contributed by atoms with E-state index in [-0.39, 0.29) is 11.5 Å². The van der Waals surface area contributed by atoms with Gasteiger partial charge in [-0.15, -0.1) is 0 Å². The van der Waals surface area contributed by atoms with Gasteiger partial charge in [-0.3, -0.25) is 4.90 Å². The summed E-state index contributed by atoms with van der Waals surface area (Å²) < 4.78 is 29.2. The third kappa shape index (κ3) is 4.91. The van der Waals surface area contributed by atoms with E-state index in [9.17, 15) is 8.42 Å². The molecule has 5 nitrogen and oxygen atoms in total. The van der Waals surface area contributed by atoms with Crippen LogP contribution in [0.1, 0.15) is 33.1 Å². The third-order valence-electron chi connectivity index (χ3n) is 4.68. The molecule has 0 saturated carbocycles. The van der Waals surface area contributed by atoms with Gasteiger partial charge in [-0.05, 0) is 32.7 Å². The summed E-state index contributed by atoms with van der Waals surface area (Å²) in [4.78, 5) is 2.35. The number of hydrogen-bond acceptors (Lipinski definition) is 5. The molecule has 2 heterocycles. The minimum Gasteiger partial charge on any atom is -0.381 e. The van der Waals surface area contributed by atoms with Gasteiger partial charge in [0.25, 0.3) is 0 Å². The molecule has 0 aromatic carbocycles. The molecular weight excluding hydrogens is 288 g/mol. The van der Waals surface area contributed by atoms with E-state index >= 15 is 0 Å². The third-order valence-corrected chi connectivity index (χ3v) is 6.47. The molecular formula is C15H30N2O3S. The van der Waals surface area contributed by atoms with E-state index in [2.05, 4.69) is 17.1 Å². The fraction of sp³-hybridized carbons (Fsp3) is 1.00. The molecule has 0 aromatic heterocycles. The van der Waals surface area contributed by atoms with Crippen molar-refractivity contribution in [1.82, 2.24) is 10.2 Å². The maximum atomic E-state index is 11.7. The predicted molar refractivity (Wildman–Crippen MR) is 85.3 cm³/mol. The second-order valence-electron chi connectivity index (χ2n) is 6.77. The lowest BCUT2D eigenvalue weighted by atomic mass is 9.81. The Balaban J connectivity index is 1.97. The number of sulfone groups is 1. The lowest BCUT2D eigenvalue weighted by molar-refractivity contribution is -0.0301. The number of hydrogen-bond donors (Lipinski definition) is 1. The minimum absolute atomic E-state index is 0.119. The fourth-order valence-corrected chi connectivity index (χ4v) is 5.08. The van der Waals surface area contributed by atoms with Crippen LogP contribution in [0.25, 0.3) is 0 Å². The number of ether oxygens (including phenoxy) is 1. The van der Waals surface area contributed by atoms with Crippen molar-refractivity contribution in [2.45, 2.75) is 39.2 Å². The van der Waals surface area contributed by atoms with Gasteiger partial charge in [-0.1, -0.05) is 6.92 Å². The average molecular weight is 318 g/mol. The second kappa shape index (κ2) is 7.40. The Bertz CT molecular complexity index is 419. The van der Waals surface area contributed by atoms with E-state index in [1.807, 2.05) is 6.92 Å². The van der Waals surface area contributed by atoms with Crippen LogP contribution in [-0.2, 0) is 14.6 Å². The van der Waals surface area contributed by atoms with Crippen molar-refractivity contribution in [3.05, 3.63) is 0 Å². The quantitative estimate of drug-likeness (QED) is 0.738. The van der Waals surface area contributed by atoms with Crippen LogP contribution in [0.3, 0.4) is 0 Å². The summed E-state index contributed by atoms with van der Waals surface area (Å²) in [5, 5.41) is 3.54. The molecule has 2 atom stereocenters. The van der Waals surface area contributed by atoms with Crippen molar-refractivity contribution in [3.8, 4) is 0 Å². The van der Waals surface area contributed by atoms with Crippen molar-refractivity contribution in [2.24, 2.45) is 5.41 Å². The number of rotatable bonds is 6. The zero-order chi connectivity index (χ0) is 15.3. The van der Waals surface area contributed by atoms with Gasteiger partial charge in [0.2, 0.25) is 0 Å². The molecule has 2 aliphatic rings. The molecule has 0 amide bonds. The maximum absolute atomic E-state index is 11.7. The Kier molecular flexibility index (Phi) is 6.05. The predicted octanol–water partition coefficient (Wildman–Crippen LogP) is 0.902. The van der Waals surface area contributed by atoms with Crippen molar-refractivity contribution >= 4 is 9.84 Å². The zero-order valence-electron chi connectivity index (χ0n) is 13.4. The van der Waals surface area contributed by atoms with Crippen LogP contribution >= 0.6 is 0 Å². The highest BCUT2D eigenvalue weighted by Gasteiger charge is 2.38. The fourth-order valence-electron chi connectivity index (χ4n) is 3.46. The Morgan fingerprint density at radius 3 is 2.86 bits per heavy atom. The molecule has 1 N–H and O–H groups in total. The van der Waals surface area contributed by atoms with Gasteiger partial charge < -0.3 is 10.1 Å². The second-order valence-corrected chi connectivity index (χ2v) is 9.00. The van der Waals surface area contributed by atoms with Gasteiger partial charge in [0.05, 0.1) is 18.1 Å². The van der Waals surface area contributed by atoms with Gasteiger partial charge >= 0.3 is 0 Å². The monoisotopic (exact) mass is 318 g/mol. The van der Waals surface area contributed by atoms with Gasteiger partial charge in [-0.2, -0.15) is 0 Å². The Hall–Kier alpha value is -0.170. The first-order chi connectivity index (χ1) is 9.96. The first kappa shape index (κ1) is 17.2. The molecule has 2 saturated heterocycles. The van der Waals surface area contributed by atoms with Crippen molar-refractivity contribution in [1.29, 1.82) is 0 Å². The first-order valence-corrected chi connectivity index (χ1v) is 10.0. The molecule has 0 radical (unpaired) electrons. The van der Waals surface area contributed by atoms with Crippen LogP contribution in [0.4, 0.5) is 0 Å². The Labute approximate surface area is 129 Å². The van der Waals surface area contributed by atoms with E-state index in [0.29, 0.717) is 18.1 Å². The molecule has 2 rings (SSSR count). The van der Waals surface area contributed by atoms with Crippen LogP contribution in [0, 0.1) is 5.41 Å². The molecule has 0 aromatic rings. The molecule has 2 aliphatic heterocycles.